The maximum atomic E-state index is 13.4. The van der Waals surface area contributed by atoms with Gasteiger partial charge in [0.05, 0.1) is 16.8 Å². The van der Waals surface area contributed by atoms with Crippen LogP contribution in [0.5, 0.6) is 11.6 Å². The molecule has 3 aromatic rings. The van der Waals surface area contributed by atoms with Gasteiger partial charge >= 0.3 is 6.18 Å². The van der Waals surface area contributed by atoms with Gasteiger partial charge in [0.2, 0.25) is 17.7 Å². The molecule has 3 heterocycles. The van der Waals surface area contributed by atoms with Crippen molar-refractivity contribution in [1.82, 2.24) is 19.9 Å². The summed E-state index contributed by atoms with van der Waals surface area (Å²) in [6, 6.07) is 8.32. The Hall–Kier alpha value is -5.22. The lowest BCUT2D eigenvalue weighted by Gasteiger charge is -2.37. The van der Waals surface area contributed by atoms with Crippen LogP contribution in [0, 0.1) is 10.1 Å². The second-order valence-corrected chi connectivity index (χ2v) is 10.3. The van der Waals surface area contributed by atoms with Gasteiger partial charge in [-0.2, -0.15) is 23.1 Å². The molecule has 2 amide bonds. The average Bonchev–Trinajstić information content (AvgIpc) is 2.95. The fraction of sp³-hybridized carbons (Fsp3) is 0.370. The van der Waals surface area contributed by atoms with Gasteiger partial charge in [-0.15, -0.1) is 0 Å². The number of carbonyl (C=O) groups is 2. The maximum Gasteiger partial charge on any atom is 0.422 e. The topological polar surface area (TPSA) is 156 Å². The highest BCUT2D eigenvalue weighted by Crippen LogP contribution is 2.42. The quantitative estimate of drug-likeness (QED) is 0.256. The molecule has 0 atom stereocenters. The first-order valence-electron chi connectivity index (χ1n) is 13.1. The predicted octanol–water partition coefficient (Wildman–Crippen LogP) is 4.21. The van der Waals surface area contributed by atoms with Gasteiger partial charge in [-0.05, 0) is 32.0 Å². The van der Waals surface area contributed by atoms with Gasteiger partial charge in [0, 0.05) is 46.2 Å². The summed E-state index contributed by atoms with van der Waals surface area (Å²) in [5.41, 5.74) is -1.51. The minimum Gasteiger partial charge on any atom is -0.472 e. The highest BCUT2D eigenvalue weighted by atomic mass is 19.4. The Bertz CT molecular complexity index is 1590. The normalized spacial score (nSPS) is 13.9. The van der Waals surface area contributed by atoms with Gasteiger partial charge in [-0.3, -0.25) is 24.6 Å². The van der Waals surface area contributed by atoms with Crippen LogP contribution in [0.15, 0.2) is 42.6 Å². The maximum absolute atomic E-state index is 13.4. The van der Waals surface area contributed by atoms with E-state index in [2.05, 4.69) is 20.3 Å². The summed E-state index contributed by atoms with van der Waals surface area (Å²) >= 11 is 0. The number of nitro groups is 1. The molecule has 14 nitrogen and oxygen atoms in total. The van der Waals surface area contributed by atoms with E-state index in [9.17, 15) is 32.9 Å². The van der Waals surface area contributed by atoms with Crippen LogP contribution in [-0.2, 0) is 9.59 Å². The largest absolute Gasteiger partial charge is 0.472 e. The number of hydrogen-bond acceptors (Lipinski definition) is 11. The molecule has 0 radical (unpaired) electrons. The Morgan fingerprint density at radius 2 is 1.91 bits per heavy atom. The number of benzene rings is 1. The Morgan fingerprint density at radius 3 is 2.57 bits per heavy atom. The number of nitrogens with zero attached hydrogens (tertiary/aromatic N) is 7. The van der Waals surface area contributed by atoms with Crippen molar-refractivity contribution in [3.05, 3.63) is 52.7 Å². The van der Waals surface area contributed by atoms with Crippen molar-refractivity contribution < 1.29 is 37.2 Å². The second kappa shape index (κ2) is 12.2. The molecule has 1 aliphatic rings. The Labute approximate surface area is 249 Å². The van der Waals surface area contributed by atoms with E-state index in [0.717, 1.165) is 4.90 Å². The first-order chi connectivity index (χ1) is 20.6. The Morgan fingerprint density at radius 1 is 1.18 bits per heavy atom. The van der Waals surface area contributed by atoms with Crippen molar-refractivity contribution in [3.63, 3.8) is 0 Å². The lowest BCUT2D eigenvalue weighted by atomic mass is 10.0. The molecule has 0 aliphatic carbocycles. The summed E-state index contributed by atoms with van der Waals surface area (Å²) in [4.78, 5) is 52.8. The summed E-state index contributed by atoms with van der Waals surface area (Å²) in [6.45, 7) is 3.49. The van der Waals surface area contributed by atoms with E-state index in [1.54, 1.807) is 19.0 Å². The number of anilines is 5. The number of likely N-dealkylation sites (N-methyl/N-ethyl adjacent to an activating group) is 2. The van der Waals surface area contributed by atoms with Crippen molar-refractivity contribution in [3.8, 4) is 11.6 Å². The van der Waals surface area contributed by atoms with Crippen molar-refractivity contribution in [1.29, 1.82) is 0 Å². The van der Waals surface area contributed by atoms with Gasteiger partial charge in [0.15, 0.2) is 23.8 Å². The van der Waals surface area contributed by atoms with Crippen molar-refractivity contribution >= 4 is 46.5 Å². The minimum absolute atomic E-state index is 0.0162. The van der Waals surface area contributed by atoms with Crippen LogP contribution in [0.25, 0.3) is 0 Å². The number of aromatic nitrogens is 3. The predicted molar refractivity (Wildman–Crippen MR) is 153 cm³/mol. The van der Waals surface area contributed by atoms with Crippen LogP contribution < -0.4 is 24.6 Å². The lowest BCUT2D eigenvalue weighted by molar-refractivity contribution is -0.384. The standard InChI is InChI=1S/C27H29F3N8O6/c1-16(39)35(4)11-12-36(5)21-10-9-19(23(33-21)43-15-27(28,29)30)32-25-31-14-20-22(34-25)37(24(40)26(2,3)44-20)17-7-6-8-18(13-17)38(41)42/h6-10,13-14H,11-12,15H2,1-5H3,(H,31,32,34). The van der Waals surface area contributed by atoms with Gasteiger partial charge in [0.25, 0.3) is 11.6 Å². The number of pyridine rings is 1. The third-order valence-electron chi connectivity index (χ3n) is 6.49. The summed E-state index contributed by atoms with van der Waals surface area (Å²) in [5.74, 6) is -0.974. The molecule has 234 valence electrons. The Balaban J connectivity index is 1.69. The van der Waals surface area contributed by atoms with Gasteiger partial charge < -0.3 is 24.6 Å². The van der Waals surface area contributed by atoms with E-state index < -0.39 is 35.1 Å². The highest BCUT2D eigenvalue weighted by molar-refractivity contribution is 6.07. The SMILES string of the molecule is CC(=O)N(C)CCN(C)c1ccc(Nc2ncc3c(n2)N(c2cccc([N+](=O)[O-])c2)C(=O)C(C)(C)O3)c(OCC(F)(F)F)n1. The molecule has 1 aromatic carbocycles. The van der Waals surface area contributed by atoms with Crippen molar-refractivity contribution in [2.75, 3.05) is 48.9 Å². The van der Waals surface area contributed by atoms with Crippen molar-refractivity contribution in [2.24, 2.45) is 0 Å². The number of carbonyl (C=O) groups excluding carboxylic acids is 2. The van der Waals surface area contributed by atoms with Crippen molar-refractivity contribution in [2.45, 2.75) is 32.5 Å². The van der Waals surface area contributed by atoms with E-state index in [-0.39, 0.29) is 46.3 Å². The van der Waals surface area contributed by atoms with Crippen LogP contribution in [0.4, 0.5) is 47.8 Å². The molecule has 17 heteroatoms. The number of rotatable bonds is 10. The zero-order valence-electron chi connectivity index (χ0n) is 24.4. The molecule has 0 unspecified atom stereocenters. The third kappa shape index (κ3) is 7.22. The number of halogens is 3. The molecule has 1 aliphatic heterocycles. The minimum atomic E-state index is -4.66. The van der Waals surface area contributed by atoms with Crippen LogP contribution in [0.3, 0.4) is 0 Å². The first-order valence-corrected chi connectivity index (χ1v) is 13.1. The molecule has 4 rings (SSSR count). The van der Waals surface area contributed by atoms with E-state index >= 15 is 0 Å². The summed E-state index contributed by atoms with van der Waals surface area (Å²) in [7, 11) is 3.28. The molecule has 0 fully saturated rings. The number of ether oxygens (including phenoxy) is 2. The molecule has 0 saturated carbocycles. The lowest BCUT2D eigenvalue weighted by Crippen LogP contribution is -2.51. The van der Waals surface area contributed by atoms with E-state index in [4.69, 9.17) is 9.47 Å². The van der Waals surface area contributed by atoms with E-state index in [1.165, 1.54) is 68.3 Å². The summed E-state index contributed by atoms with van der Waals surface area (Å²) in [6.07, 6.45) is -3.39. The zero-order valence-corrected chi connectivity index (χ0v) is 24.4. The number of nitrogens with one attached hydrogen (secondary N) is 1. The number of non-ortho nitro benzene ring substituents is 1. The summed E-state index contributed by atoms with van der Waals surface area (Å²) < 4.78 is 50.0. The van der Waals surface area contributed by atoms with Crippen LogP contribution in [0.1, 0.15) is 20.8 Å². The third-order valence-corrected chi connectivity index (χ3v) is 6.49. The van der Waals surface area contributed by atoms with Gasteiger partial charge in [0.1, 0.15) is 11.5 Å². The number of amides is 2. The summed E-state index contributed by atoms with van der Waals surface area (Å²) in [5, 5.41) is 14.2. The number of fused-ring (bicyclic) bond motifs is 1. The van der Waals surface area contributed by atoms with Gasteiger partial charge in [-0.25, -0.2) is 4.98 Å². The zero-order chi connectivity index (χ0) is 32.4. The first kappa shape index (κ1) is 31.7. The molecule has 44 heavy (non-hydrogen) atoms. The molecular weight excluding hydrogens is 589 g/mol. The monoisotopic (exact) mass is 618 g/mol. The van der Waals surface area contributed by atoms with Gasteiger partial charge in [-0.1, -0.05) is 6.07 Å². The fourth-order valence-corrected chi connectivity index (χ4v) is 4.01. The number of alkyl halides is 3. The fourth-order valence-electron chi connectivity index (χ4n) is 4.01. The molecule has 2 aromatic heterocycles. The van der Waals surface area contributed by atoms with Crippen LogP contribution in [0.2, 0.25) is 0 Å². The highest BCUT2D eigenvalue weighted by Gasteiger charge is 2.43. The number of nitro benzene ring substituents is 1. The molecule has 0 spiro atoms. The molecule has 0 bridgehead atoms. The average molecular weight is 619 g/mol. The van der Waals surface area contributed by atoms with E-state index in [1.807, 2.05) is 0 Å². The van der Waals surface area contributed by atoms with E-state index in [0.29, 0.717) is 13.1 Å². The number of hydrogen-bond donors (Lipinski definition) is 1. The molecule has 1 N–H and O–H groups in total. The molecular formula is C27H29F3N8O6. The molecule has 0 saturated heterocycles. The smallest absolute Gasteiger partial charge is 0.422 e. The van der Waals surface area contributed by atoms with Crippen LogP contribution >= 0.6 is 0 Å². The second-order valence-electron chi connectivity index (χ2n) is 10.3. The van der Waals surface area contributed by atoms with Crippen LogP contribution in [-0.4, -0.2) is 82.2 Å². The Kier molecular flexibility index (Phi) is 8.78.